The van der Waals surface area contributed by atoms with Gasteiger partial charge < -0.3 is 15.3 Å². The lowest BCUT2D eigenvalue weighted by Gasteiger charge is -2.41. The summed E-state index contributed by atoms with van der Waals surface area (Å²) in [7, 11) is 0. The number of amides is 1. The van der Waals surface area contributed by atoms with Gasteiger partial charge in [0, 0.05) is 34.7 Å². The second-order valence-electron chi connectivity index (χ2n) is 12.4. The van der Waals surface area contributed by atoms with Crippen molar-refractivity contribution in [2.24, 2.45) is 0 Å². The van der Waals surface area contributed by atoms with Gasteiger partial charge in [0.05, 0.1) is 11.7 Å². The van der Waals surface area contributed by atoms with Crippen LogP contribution in [0.3, 0.4) is 0 Å². The van der Waals surface area contributed by atoms with Crippen LogP contribution in [0.15, 0.2) is 74.9 Å². The van der Waals surface area contributed by atoms with Crippen LogP contribution in [-0.2, 0) is 4.79 Å². The molecular formula is C38H53F3N2O2S. The van der Waals surface area contributed by atoms with Gasteiger partial charge in [0.25, 0.3) is 5.91 Å². The van der Waals surface area contributed by atoms with Crippen molar-refractivity contribution in [3.8, 4) is 5.75 Å². The molecule has 0 spiro atoms. The summed E-state index contributed by atoms with van der Waals surface area (Å²) in [5.41, 5.74) is 5.88. The van der Waals surface area contributed by atoms with Crippen molar-refractivity contribution in [3.63, 3.8) is 0 Å². The van der Waals surface area contributed by atoms with Gasteiger partial charge in [0.15, 0.2) is 0 Å². The van der Waals surface area contributed by atoms with Gasteiger partial charge in [-0.2, -0.15) is 13.2 Å². The van der Waals surface area contributed by atoms with E-state index in [9.17, 15) is 23.1 Å². The Morgan fingerprint density at radius 3 is 2.37 bits per heavy atom. The molecule has 2 N–H and O–H groups in total. The number of halogens is 3. The van der Waals surface area contributed by atoms with Crippen molar-refractivity contribution >= 4 is 23.4 Å². The van der Waals surface area contributed by atoms with Crippen molar-refractivity contribution in [3.05, 3.63) is 80.5 Å². The number of hydrogen-bond acceptors (Lipinski definition) is 4. The van der Waals surface area contributed by atoms with E-state index in [1.54, 1.807) is 12.3 Å². The number of nitrogens with zero attached hydrogens (tertiary/aromatic N) is 1. The van der Waals surface area contributed by atoms with E-state index in [0.717, 1.165) is 74.9 Å². The highest BCUT2D eigenvalue weighted by atomic mass is 32.2. The predicted octanol–water partition coefficient (Wildman–Crippen LogP) is 11.3. The molecular weight excluding hydrogens is 605 g/mol. The number of phenols is 1. The molecule has 1 amide bonds. The summed E-state index contributed by atoms with van der Waals surface area (Å²) < 4.78 is 41.2. The number of nitrogens with one attached hydrogen (secondary N) is 1. The monoisotopic (exact) mass is 658 g/mol. The highest BCUT2D eigenvalue weighted by molar-refractivity contribution is 8.02. The number of rotatable bonds is 14. The zero-order chi connectivity index (χ0) is 34.0. The normalized spacial score (nSPS) is 19.3. The summed E-state index contributed by atoms with van der Waals surface area (Å²) >= 11 is 1.00. The number of unbranched alkanes of at least 4 members (excludes halogenated alkanes) is 1. The lowest BCUT2D eigenvalue weighted by Crippen LogP contribution is -2.46. The Kier molecular flexibility index (Phi) is 14.2. The highest BCUT2D eigenvalue weighted by Crippen LogP contribution is 2.42. The molecule has 46 heavy (non-hydrogen) atoms. The number of phenolic OH excluding ortho intramolecular Hbond substituents is 1. The van der Waals surface area contributed by atoms with E-state index >= 15 is 0 Å². The Labute approximate surface area is 279 Å². The summed E-state index contributed by atoms with van der Waals surface area (Å²) in [6, 6.07) is 5.65. The molecule has 1 aliphatic heterocycles. The quantitative estimate of drug-likeness (QED) is 0.119. The number of anilines is 1. The Morgan fingerprint density at radius 2 is 1.85 bits per heavy atom. The fourth-order valence-electron chi connectivity index (χ4n) is 6.24. The summed E-state index contributed by atoms with van der Waals surface area (Å²) in [4.78, 5) is 16.3. The topological polar surface area (TPSA) is 52.6 Å². The largest absolute Gasteiger partial charge is 0.506 e. The summed E-state index contributed by atoms with van der Waals surface area (Å²) in [5, 5.41) is 14.6. The van der Waals surface area contributed by atoms with E-state index in [4.69, 9.17) is 0 Å². The van der Waals surface area contributed by atoms with Crippen molar-refractivity contribution in [1.82, 2.24) is 4.90 Å². The summed E-state index contributed by atoms with van der Waals surface area (Å²) in [6.07, 6.45) is 11.0. The third-order valence-corrected chi connectivity index (χ3v) is 10.2. The van der Waals surface area contributed by atoms with Crippen molar-refractivity contribution in [1.29, 1.82) is 0 Å². The smallest absolute Gasteiger partial charge is 0.413 e. The molecule has 254 valence electrons. The molecule has 1 aliphatic carbocycles. The Morgan fingerprint density at radius 1 is 1.13 bits per heavy atom. The van der Waals surface area contributed by atoms with Gasteiger partial charge in [0.2, 0.25) is 0 Å². The van der Waals surface area contributed by atoms with E-state index in [2.05, 4.69) is 39.1 Å². The van der Waals surface area contributed by atoms with Crippen LogP contribution in [0, 0.1) is 0 Å². The Balaban J connectivity index is 2.15. The first-order valence-electron chi connectivity index (χ1n) is 16.9. The lowest BCUT2D eigenvalue weighted by atomic mass is 9.80. The van der Waals surface area contributed by atoms with Gasteiger partial charge in [-0.05, 0) is 99.5 Å². The van der Waals surface area contributed by atoms with Crippen molar-refractivity contribution in [2.45, 2.75) is 124 Å². The first-order valence-corrected chi connectivity index (χ1v) is 18.2. The zero-order valence-electron chi connectivity index (χ0n) is 28.7. The van der Waals surface area contributed by atoms with Crippen LogP contribution in [0.5, 0.6) is 5.75 Å². The molecule has 1 fully saturated rings. The molecule has 0 aromatic heterocycles. The molecule has 0 bridgehead atoms. The van der Waals surface area contributed by atoms with E-state index < -0.39 is 11.7 Å². The van der Waals surface area contributed by atoms with Gasteiger partial charge >= 0.3 is 6.18 Å². The van der Waals surface area contributed by atoms with Crippen LogP contribution in [-0.4, -0.2) is 40.9 Å². The maximum Gasteiger partial charge on any atom is 0.413 e. The molecule has 0 radical (unpaired) electrons. The van der Waals surface area contributed by atoms with Gasteiger partial charge in [-0.25, -0.2) is 0 Å². The van der Waals surface area contributed by atoms with Crippen LogP contribution in [0.25, 0.3) is 0 Å². The number of hydrogen-bond donors (Lipinski definition) is 2. The SMILES string of the molecule is CCC/C=C/C(=C\C(SC)=C(/C)C(F)(F)F)C(=O)N1CCC(Nc2ccc(C3CCC3)cc2O)=C(C(CCC)=C(C)CC)C1CC. The predicted molar refractivity (Wildman–Crippen MR) is 188 cm³/mol. The molecule has 4 nitrogen and oxygen atoms in total. The standard InChI is InChI=1S/C38H53F3N2O2S/c1-8-12-13-16-29(24-35(46-7)26(6)38(39,40)41)37(45)43-22-21-32(36(33(43)11-4)30(15-9-2)25(5)10-3)42-31-20-19-28(23-34(31)44)27-17-14-18-27/h13,16,19-20,23-24,27,33,42,44H,8-12,14-15,17-18,21-22H2,1-7H3/b16-13+,29-24+,30-25?,35-26-. The van der Waals surface area contributed by atoms with Crippen molar-refractivity contribution < 1.29 is 23.1 Å². The molecule has 3 rings (SSSR count). The second-order valence-corrected chi connectivity index (χ2v) is 13.3. The van der Waals surface area contributed by atoms with Gasteiger partial charge in [-0.1, -0.05) is 70.7 Å². The molecule has 1 saturated carbocycles. The maximum absolute atomic E-state index is 14.4. The molecule has 1 atom stereocenters. The van der Waals surface area contributed by atoms with Gasteiger partial charge in [-0.15, -0.1) is 11.8 Å². The minimum absolute atomic E-state index is 0.0365. The number of aromatic hydroxyl groups is 1. The second kappa shape index (κ2) is 17.3. The maximum atomic E-state index is 14.4. The molecule has 2 aliphatic rings. The number of thioether (sulfide) groups is 1. The van der Waals surface area contributed by atoms with Gasteiger partial charge in [0.1, 0.15) is 5.75 Å². The van der Waals surface area contributed by atoms with Crippen molar-refractivity contribution in [2.75, 3.05) is 18.1 Å². The highest BCUT2D eigenvalue weighted by Gasteiger charge is 2.36. The number of carbonyl (C=O) groups is 1. The third kappa shape index (κ3) is 9.14. The fraction of sp³-hybridized carbons (Fsp3) is 0.553. The Bertz CT molecular complexity index is 1380. The number of carbonyl (C=O) groups excluding carboxylic acids is 1. The minimum atomic E-state index is -4.48. The van der Waals surface area contributed by atoms with E-state index in [1.165, 1.54) is 29.2 Å². The van der Waals surface area contributed by atoms with E-state index in [1.807, 2.05) is 30.0 Å². The lowest BCUT2D eigenvalue weighted by molar-refractivity contribution is -0.128. The molecule has 8 heteroatoms. The first-order chi connectivity index (χ1) is 21.9. The number of alkyl halides is 3. The summed E-state index contributed by atoms with van der Waals surface area (Å²) in [6.45, 7) is 12.0. The van der Waals surface area contributed by atoms with Crippen LogP contribution in [0.2, 0.25) is 0 Å². The van der Waals surface area contributed by atoms with Crippen LogP contribution in [0.4, 0.5) is 18.9 Å². The third-order valence-electron chi connectivity index (χ3n) is 9.34. The van der Waals surface area contributed by atoms with E-state index in [0.29, 0.717) is 31.0 Å². The summed E-state index contributed by atoms with van der Waals surface area (Å²) in [5.74, 6) is 0.462. The Hall–Kier alpha value is -2.87. The minimum Gasteiger partial charge on any atom is -0.506 e. The molecule has 1 aromatic rings. The number of benzene rings is 1. The van der Waals surface area contributed by atoms with Crippen LogP contribution < -0.4 is 5.32 Å². The molecule has 0 saturated heterocycles. The fourth-order valence-corrected chi connectivity index (χ4v) is 6.91. The number of allylic oxidation sites excluding steroid dienone is 4. The first kappa shape index (κ1) is 37.6. The molecule has 1 heterocycles. The van der Waals surface area contributed by atoms with Crippen LogP contribution >= 0.6 is 11.8 Å². The average molecular weight is 659 g/mol. The van der Waals surface area contributed by atoms with E-state index in [-0.39, 0.29) is 28.2 Å². The average Bonchev–Trinajstić information content (AvgIpc) is 3.00. The molecule has 1 aromatic carbocycles. The zero-order valence-corrected chi connectivity index (χ0v) is 29.6. The van der Waals surface area contributed by atoms with Gasteiger partial charge in [-0.3, -0.25) is 4.79 Å². The van der Waals surface area contributed by atoms with Crippen LogP contribution in [0.1, 0.15) is 117 Å². The molecule has 1 unspecified atom stereocenters.